The van der Waals surface area contributed by atoms with Crippen molar-refractivity contribution in [3.05, 3.63) is 18.0 Å². The first kappa shape index (κ1) is 29.3. The van der Waals surface area contributed by atoms with Crippen LogP contribution in [-0.2, 0) is 4.79 Å². The third kappa shape index (κ3) is 6.92. The van der Waals surface area contributed by atoms with Crippen LogP contribution in [0.25, 0.3) is 0 Å². The summed E-state index contributed by atoms with van der Waals surface area (Å²) < 4.78 is 11.4. The summed E-state index contributed by atoms with van der Waals surface area (Å²) in [4.78, 5) is 23.2. The Labute approximate surface area is 237 Å². The number of aromatic nitrogens is 4. The van der Waals surface area contributed by atoms with Crippen molar-refractivity contribution in [2.75, 3.05) is 49.1 Å². The number of hydrogen-bond acceptors (Lipinski definition) is 10. The molecule has 216 valence electrons. The van der Waals surface area contributed by atoms with E-state index in [2.05, 4.69) is 50.9 Å². The fourth-order valence-electron chi connectivity index (χ4n) is 5.90. The van der Waals surface area contributed by atoms with E-state index in [4.69, 9.17) is 15.0 Å². The van der Waals surface area contributed by atoms with Crippen molar-refractivity contribution in [2.45, 2.75) is 77.3 Å². The Kier molecular flexibility index (Phi) is 9.87. The molecule has 1 amide bonds. The molecule has 0 aliphatic carbocycles. The summed E-state index contributed by atoms with van der Waals surface area (Å²) in [6, 6.07) is 4.44. The summed E-state index contributed by atoms with van der Waals surface area (Å²) in [6.07, 6.45) is 5.85. The van der Waals surface area contributed by atoms with E-state index < -0.39 is 0 Å². The zero-order valence-electron chi connectivity index (χ0n) is 23.4. The molecule has 2 N–H and O–H groups in total. The van der Waals surface area contributed by atoms with Gasteiger partial charge in [0.1, 0.15) is 0 Å². The predicted molar refractivity (Wildman–Crippen MR) is 151 cm³/mol. The number of carbonyl (C=O) groups is 1. The lowest BCUT2D eigenvalue weighted by Gasteiger charge is -2.34. The van der Waals surface area contributed by atoms with E-state index in [1.54, 1.807) is 0 Å². The van der Waals surface area contributed by atoms with E-state index in [0.29, 0.717) is 49.8 Å². The molecule has 0 radical (unpaired) electrons. The molecule has 0 aromatic carbocycles. The maximum atomic E-state index is 12.4. The summed E-state index contributed by atoms with van der Waals surface area (Å²) >= 11 is 0. The van der Waals surface area contributed by atoms with Crippen molar-refractivity contribution in [1.29, 1.82) is 0 Å². The van der Waals surface area contributed by atoms with Crippen molar-refractivity contribution in [3.63, 3.8) is 0 Å². The highest BCUT2D eigenvalue weighted by Crippen LogP contribution is 2.30. The molecule has 2 aromatic rings. The van der Waals surface area contributed by atoms with E-state index in [1.165, 1.54) is 0 Å². The highest BCUT2D eigenvalue weighted by molar-refractivity contribution is 5.85. The number of hydrogen-bond donors (Lipinski definition) is 1. The van der Waals surface area contributed by atoms with Gasteiger partial charge in [-0.3, -0.25) is 4.79 Å². The van der Waals surface area contributed by atoms with Crippen LogP contribution >= 0.6 is 12.4 Å². The number of ether oxygens (including phenoxy) is 1. The van der Waals surface area contributed by atoms with Crippen LogP contribution < -0.4 is 20.3 Å². The van der Waals surface area contributed by atoms with Gasteiger partial charge in [-0.2, -0.15) is 4.98 Å². The standard InChI is InChI=1S/C27H42N8O3.ClH/c1-18(2)26-29-27(38-32-26)33-13-9-20(10-14-33)19(3)11-15-37-24-8-7-23(30-31-24)34-16-21(28)22(17-34)35-12-5-4-6-25(35)36;/h7-8,18-22H,4-6,9-17,28H2,1-3H3;1H/t19-,21+,22+;/m1./s1. The second kappa shape index (κ2) is 13.1. The molecule has 5 rings (SSSR count). The van der Waals surface area contributed by atoms with Gasteiger partial charge in [-0.15, -0.1) is 22.6 Å². The van der Waals surface area contributed by atoms with Crippen LogP contribution in [0.3, 0.4) is 0 Å². The molecule has 3 aliphatic heterocycles. The molecule has 3 saturated heterocycles. The highest BCUT2D eigenvalue weighted by Gasteiger charge is 2.38. The van der Waals surface area contributed by atoms with Crippen LogP contribution in [0.5, 0.6) is 5.88 Å². The molecule has 3 aliphatic rings. The molecular formula is C27H43ClN8O3. The lowest BCUT2D eigenvalue weighted by Crippen LogP contribution is -2.51. The van der Waals surface area contributed by atoms with Crippen molar-refractivity contribution >= 4 is 30.1 Å². The number of nitrogens with zero attached hydrogens (tertiary/aromatic N) is 7. The minimum atomic E-state index is -0.0762. The zero-order valence-corrected chi connectivity index (χ0v) is 24.2. The van der Waals surface area contributed by atoms with Crippen molar-refractivity contribution < 1.29 is 14.1 Å². The summed E-state index contributed by atoms with van der Waals surface area (Å²) in [5.41, 5.74) is 6.41. The smallest absolute Gasteiger partial charge is 0.324 e. The van der Waals surface area contributed by atoms with Gasteiger partial charge >= 0.3 is 6.01 Å². The number of anilines is 2. The summed E-state index contributed by atoms with van der Waals surface area (Å²) in [7, 11) is 0. The quantitative estimate of drug-likeness (QED) is 0.486. The molecular weight excluding hydrogens is 520 g/mol. The molecule has 0 saturated carbocycles. The van der Waals surface area contributed by atoms with E-state index in [1.807, 2.05) is 17.0 Å². The van der Waals surface area contributed by atoms with Crippen molar-refractivity contribution in [1.82, 2.24) is 25.2 Å². The van der Waals surface area contributed by atoms with Crippen LogP contribution in [0.1, 0.15) is 71.0 Å². The monoisotopic (exact) mass is 562 g/mol. The van der Waals surface area contributed by atoms with Crippen LogP contribution in [0.4, 0.5) is 11.8 Å². The van der Waals surface area contributed by atoms with Crippen LogP contribution in [0.15, 0.2) is 16.7 Å². The third-order valence-electron chi connectivity index (χ3n) is 8.43. The van der Waals surface area contributed by atoms with Gasteiger partial charge in [-0.25, -0.2) is 0 Å². The largest absolute Gasteiger partial charge is 0.477 e. The average Bonchev–Trinajstić information content (AvgIpc) is 3.57. The van der Waals surface area contributed by atoms with E-state index in [-0.39, 0.29) is 36.3 Å². The highest BCUT2D eigenvalue weighted by atomic mass is 35.5. The molecule has 5 heterocycles. The molecule has 0 spiro atoms. The van der Waals surface area contributed by atoms with Gasteiger partial charge in [0.2, 0.25) is 11.8 Å². The second-order valence-corrected chi connectivity index (χ2v) is 11.4. The van der Waals surface area contributed by atoms with Crippen molar-refractivity contribution in [2.24, 2.45) is 17.6 Å². The Morgan fingerprint density at radius 1 is 1.08 bits per heavy atom. The maximum absolute atomic E-state index is 12.4. The average molecular weight is 563 g/mol. The molecule has 3 atom stereocenters. The summed E-state index contributed by atoms with van der Waals surface area (Å²) in [5.74, 6) is 3.79. The number of likely N-dealkylation sites (tertiary alicyclic amines) is 1. The Balaban J connectivity index is 0.00000353. The molecule has 0 unspecified atom stereocenters. The van der Waals surface area contributed by atoms with E-state index in [0.717, 1.165) is 63.4 Å². The first-order valence-corrected chi connectivity index (χ1v) is 14.2. The molecule has 0 bridgehead atoms. The SMILES string of the molecule is CC(C)c1noc(N2CCC([C@H](C)CCOc3ccc(N4C[C@H](N)[C@@H](N5CCCCC5=O)C4)nn3)CC2)n1.Cl. The maximum Gasteiger partial charge on any atom is 0.324 e. The first-order chi connectivity index (χ1) is 18.4. The van der Waals surface area contributed by atoms with Gasteiger partial charge in [0, 0.05) is 57.2 Å². The van der Waals surface area contributed by atoms with Gasteiger partial charge in [0.05, 0.1) is 12.6 Å². The van der Waals surface area contributed by atoms with Crippen molar-refractivity contribution in [3.8, 4) is 5.88 Å². The molecule has 11 nitrogen and oxygen atoms in total. The summed E-state index contributed by atoms with van der Waals surface area (Å²) in [5, 5.41) is 12.8. The number of piperidine rings is 2. The number of amides is 1. The number of rotatable bonds is 9. The Bertz CT molecular complexity index is 1060. The lowest BCUT2D eigenvalue weighted by molar-refractivity contribution is -0.135. The number of carbonyl (C=O) groups excluding carboxylic acids is 1. The molecule has 3 fully saturated rings. The lowest BCUT2D eigenvalue weighted by atomic mass is 9.84. The number of nitrogens with two attached hydrogens (primary N) is 1. The fourth-order valence-corrected chi connectivity index (χ4v) is 5.90. The van der Waals surface area contributed by atoms with Crippen LogP contribution in [0.2, 0.25) is 0 Å². The minimum Gasteiger partial charge on any atom is -0.477 e. The van der Waals surface area contributed by atoms with E-state index >= 15 is 0 Å². The van der Waals surface area contributed by atoms with Gasteiger partial charge in [-0.1, -0.05) is 25.9 Å². The fraction of sp³-hybridized carbons (Fsp3) is 0.741. The zero-order chi connectivity index (χ0) is 26.6. The molecule has 39 heavy (non-hydrogen) atoms. The van der Waals surface area contributed by atoms with Crippen LogP contribution in [-0.4, -0.2) is 82.6 Å². The Morgan fingerprint density at radius 3 is 2.54 bits per heavy atom. The first-order valence-electron chi connectivity index (χ1n) is 14.2. The Morgan fingerprint density at radius 2 is 1.87 bits per heavy atom. The second-order valence-electron chi connectivity index (χ2n) is 11.4. The van der Waals surface area contributed by atoms with Gasteiger partial charge in [0.25, 0.3) is 0 Å². The van der Waals surface area contributed by atoms with E-state index in [9.17, 15) is 4.79 Å². The van der Waals surface area contributed by atoms with Crippen LogP contribution in [0, 0.1) is 11.8 Å². The molecule has 12 heteroatoms. The minimum absolute atomic E-state index is 0. The predicted octanol–water partition coefficient (Wildman–Crippen LogP) is 3.25. The van der Waals surface area contributed by atoms with Gasteiger partial charge in [0.15, 0.2) is 11.6 Å². The van der Waals surface area contributed by atoms with Gasteiger partial charge in [-0.05, 0) is 50.0 Å². The number of halogens is 1. The normalized spacial score (nSPS) is 23.3. The third-order valence-corrected chi connectivity index (χ3v) is 8.43. The topological polar surface area (TPSA) is 127 Å². The Hall–Kier alpha value is -2.66. The molecule has 2 aromatic heterocycles. The van der Waals surface area contributed by atoms with Gasteiger partial charge < -0.3 is 29.7 Å². The summed E-state index contributed by atoms with van der Waals surface area (Å²) in [6.45, 7) is 11.1.